The lowest BCUT2D eigenvalue weighted by atomic mass is 10.1. The van der Waals surface area contributed by atoms with Crippen molar-refractivity contribution in [1.29, 1.82) is 0 Å². The van der Waals surface area contributed by atoms with Crippen LogP contribution in [0, 0.1) is 0 Å². The van der Waals surface area contributed by atoms with E-state index in [0.29, 0.717) is 18.1 Å². The summed E-state index contributed by atoms with van der Waals surface area (Å²) in [6, 6.07) is 15.0. The van der Waals surface area contributed by atoms with Crippen molar-refractivity contribution in [3.05, 3.63) is 76.3 Å². The van der Waals surface area contributed by atoms with Crippen LogP contribution in [0.5, 0.6) is 0 Å². The number of hydrogen-bond donors (Lipinski definition) is 2. The van der Waals surface area contributed by atoms with Gasteiger partial charge in [-0.1, -0.05) is 35.9 Å². The molecule has 0 fully saturated rings. The van der Waals surface area contributed by atoms with Crippen LogP contribution in [-0.4, -0.2) is 11.0 Å². The minimum Gasteiger partial charge on any atom is -0.334 e. The van der Waals surface area contributed by atoms with Crippen LogP contribution >= 0.6 is 22.9 Å². The van der Waals surface area contributed by atoms with Crippen molar-refractivity contribution in [1.82, 2.24) is 15.6 Å². The highest BCUT2D eigenvalue weighted by molar-refractivity contribution is 7.13. The Bertz CT molecular complexity index is 803. The van der Waals surface area contributed by atoms with Crippen LogP contribution in [0.15, 0.2) is 60.1 Å². The number of nitrogens with one attached hydrogen (secondary N) is 2. The summed E-state index contributed by atoms with van der Waals surface area (Å²) >= 11 is 7.48. The number of benzene rings is 1. The van der Waals surface area contributed by atoms with Gasteiger partial charge in [-0.3, -0.25) is 4.98 Å². The summed E-state index contributed by atoms with van der Waals surface area (Å²) in [4.78, 5) is 17.5. The summed E-state index contributed by atoms with van der Waals surface area (Å²) in [5, 5.41) is 8.40. The van der Waals surface area contributed by atoms with Crippen LogP contribution in [0.25, 0.3) is 10.6 Å². The number of aromatic nitrogens is 1. The highest BCUT2D eigenvalue weighted by Gasteiger charge is 2.08. The molecular formula is C18H16ClN3OS. The molecule has 0 spiro atoms. The zero-order valence-electron chi connectivity index (χ0n) is 12.8. The minimum atomic E-state index is -0.217. The Morgan fingerprint density at radius 1 is 1.04 bits per heavy atom. The predicted octanol–water partition coefficient (Wildman–Crippen LogP) is 4.46. The van der Waals surface area contributed by atoms with E-state index < -0.39 is 0 Å². The van der Waals surface area contributed by atoms with Crippen LogP contribution in [0.1, 0.15) is 11.1 Å². The van der Waals surface area contributed by atoms with Crippen molar-refractivity contribution in [2.45, 2.75) is 13.1 Å². The summed E-state index contributed by atoms with van der Waals surface area (Å²) in [7, 11) is 0. The maximum absolute atomic E-state index is 12.0. The van der Waals surface area contributed by atoms with Gasteiger partial charge in [0.2, 0.25) is 0 Å². The second kappa shape index (κ2) is 7.95. The molecule has 2 aromatic heterocycles. The largest absolute Gasteiger partial charge is 0.334 e. The van der Waals surface area contributed by atoms with E-state index in [-0.39, 0.29) is 6.03 Å². The van der Waals surface area contributed by atoms with E-state index >= 15 is 0 Å². The van der Waals surface area contributed by atoms with E-state index in [0.717, 1.165) is 21.7 Å². The smallest absolute Gasteiger partial charge is 0.315 e. The number of halogens is 1. The normalized spacial score (nSPS) is 10.4. The fourth-order valence-corrected chi connectivity index (χ4v) is 3.12. The maximum Gasteiger partial charge on any atom is 0.315 e. The first kappa shape index (κ1) is 16.5. The molecule has 24 heavy (non-hydrogen) atoms. The molecule has 0 unspecified atom stereocenters. The summed E-state index contributed by atoms with van der Waals surface area (Å²) in [5.41, 5.74) is 2.89. The zero-order chi connectivity index (χ0) is 16.8. The fraction of sp³-hybridized carbons (Fsp3) is 0.111. The number of carbonyl (C=O) groups excluding carboxylic acids is 1. The number of urea groups is 1. The average Bonchev–Trinajstić information content (AvgIpc) is 3.14. The van der Waals surface area contributed by atoms with Gasteiger partial charge in [-0.2, -0.15) is 0 Å². The van der Waals surface area contributed by atoms with Crippen molar-refractivity contribution in [3.63, 3.8) is 0 Å². The third-order valence-corrected chi connectivity index (χ3v) is 4.58. The van der Waals surface area contributed by atoms with Crippen molar-refractivity contribution in [2.24, 2.45) is 0 Å². The van der Waals surface area contributed by atoms with Gasteiger partial charge < -0.3 is 10.6 Å². The van der Waals surface area contributed by atoms with Crippen LogP contribution in [0.4, 0.5) is 4.79 Å². The van der Waals surface area contributed by atoms with E-state index in [1.807, 2.05) is 41.8 Å². The number of amides is 2. The fourth-order valence-electron chi connectivity index (χ4n) is 2.24. The standard InChI is InChI=1S/C18H16ClN3OS/c19-15-7-5-13(6-8-15)11-21-18(23)22-12-14-3-1-9-20-17(14)16-4-2-10-24-16/h1-10H,11-12H2,(H2,21,22,23). The molecule has 2 amide bonds. The van der Waals surface area contributed by atoms with Gasteiger partial charge in [-0.25, -0.2) is 4.79 Å². The van der Waals surface area contributed by atoms with Crippen LogP contribution in [0.3, 0.4) is 0 Å². The van der Waals surface area contributed by atoms with Crippen LogP contribution < -0.4 is 10.6 Å². The molecule has 0 radical (unpaired) electrons. The third kappa shape index (κ3) is 4.34. The topological polar surface area (TPSA) is 54.0 Å². The molecule has 122 valence electrons. The van der Waals surface area contributed by atoms with E-state index in [1.165, 1.54) is 0 Å². The van der Waals surface area contributed by atoms with Crippen LogP contribution in [0.2, 0.25) is 5.02 Å². The molecule has 1 aromatic carbocycles. The highest BCUT2D eigenvalue weighted by Crippen LogP contribution is 2.25. The highest BCUT2D eigenvalue weighted by atomic mass is 35.5. The Kier molecular flexibility index (Phi) is 5.46. The van der Waals surface area contributed by atoms with E-state index in [9.17, 15) is 4.79 Å². The monoisotopic (exact) mass is 357 g/mol. The van der Waals surface area contributed by atoms with Gasteiger partial charge in [0.15, 0.2) is 0 Å². The maximum atomic E-state index is 12.0. The Hall–Kier alpha value is -2.37. The van der Waals surface area contributed by atoms with Crippen molar-refractivity contribution >= 4 is 29.0 Å². The van der Waals surface area contributed by atoms with E-state index in [1.54, 1.807) is 29.7 Å². The molecule has 6 heteroatoms. The average molecular weight is 358 g/mol. The number of pyridine rings is 1. The number of nitrogens with zero attached hydrogens (tertiary/aromatic N) is 1. The molecule has 2 N–H and O–H groups in total. The number of hydrogen-bond acceptors (Lipinski definition) is 3. The molecule has 0 saturated carbocycles. The first-order valence-corrected chi connectivity index (χ1v) is 8.72. The second-order valence-corrected chi connectivity index (χ2v) is 6.54. The lowest BCUT2D eigenvalue weighted by molar-refractivity contribution is 0.240. The SMILES string of the molecule is O=C(NCc1ccc(Cl)cc1)NCc1cccnc1-c1cccs1. The Balaban J connectivity index is 1.56. The van der Waals surface area contributed by atoms with Gasteiger partial charge in [-0.15, -0.1) is 11.3 Å². The Labute approximate surface area is 149 Å². The van der Waals surface area contributed by atoms with Gasteiger partial charge >= 0.3 is 6.03 Å². The van der Waals surface area contributed by atoms with Crippen molar-refractivity contribution in [3.8, 4) is 10.6 Å². The molecule has 4 nitrogen and oxygen atoms in total. The minimum absolute atomic E-state index is 0.217. The molecular weight excluding hydrogens is 342 g/mol. The molecule has 0 atom stereocenters. The molecule has 0 aliphatic heterocycles. The summed E-state index contributed by atoms with van der Waals surface area (Å²) in [6.07, 6.45) is 1.76. The molecule has 0 aliphatic rings. The van der Waals surface area contributed by atoms with E-state index in [2.05, 4.69) is 15.6 Å². The summed E-state index contributed by atoms with van der Waals surface area (Å²) in [6.45, 7) is 0.876. The van der Waals surface area contributed by atoms with Crippen molar-refractivity contribution < 1.29 is 4.79 Å². The van der Waals surface area contributed by atoms with Gasteiger partial charge in [0, 0.05) is 24.3 Å². The third-order valence-electron chi connectivity index (χ3n) is 3.45. The molecule has 2 heterocycles. The molecule has 0 saturated heterocycles. The summed E-state index contributed by atoms with van der Waals surface area (Å²) in [5.74, 6) is 0. The molecule has 3 aromatic rings. The molecule has 0 bridgehead atoms. The first-order chi connectivity index (χ1) is 11.7. The Morgan fingerprint density at radius 2 is 1.83 bits per heavy atom. The zero-order valence-corrected chi connectivity index (χ0v) is 14.4. The first-order valence-electron chi connectivity index (χ1n) is 7.46. The van der Waals surface area contributed by atoms with E-state index in [4.69, 9.17) is 11.6 Å². The van der Waals surface area contributed by atoms with Gasteiger partial charge in [0.05, 0.1) is 10.6 Å². The lowest BCUT2D eigenvalue weighted by Crippen LogP contribution is -2.34. The second-order valence-electron chi connectivity index (χ2n) is 5.15. The Morgan fingerprint density at radius 3 is 2.58 bits per heavy atom. The van der Waals surface area contributed by atoms with Crippen LogP contribution in [-0.2, 0) is 13.1 Å². The summed E-state index contributed by atoms with van der Waals surface area (Å²) < 4.78 is 0. The van der Waals surface area contributed by atoms with Crippen molar-refractivity contribution in [2.75, 3.05) is 0 Å². The number of rotatable bonds is 5. The quantitative estimate of drug-likeness (QED) is 0.708. The predicted molar refractivity (Wildman–Crippen MR) is 98.1 cm³/mol. The lowest BCUT2D eigenvalue weighted by Gasteiger charge is -2.10. The molecule has 3 rings (SSSR count). The van der Waals surface area contributed by atoms with Gasteiger partial charge in [0.25, 0.3) is 0 Å². The number of carbonyl (C=O) groups is 1. The van der Waals surface area contributed by atoms with Gasteiger partial charge in [0.1, 0.15) is 0 Å². The molecule has 0 aliphatic carbocycles. The van der Waals surface area contributed by atoms with Gasteiger partial charge in [-0.05, 0) is 40.8 Å². The number of thiophene rings is 1.